The first-order chi connectivity index (χ1) is 16.8. The minimum absolute atomic E-state index is 0.0927. The molecular weight excluding hydrogens is 463 g/mol. The van der Waals surface area contributed by atoms with E-state index in [0.717, 1.165) is 18.5 Å². The number of hydrazone groups is 1. The van der Waals surface area contributed by atoms with Crippen LogP contribution in [0.4, 0.5) is 18.0 Å². The number of halogens is 3. The maximum absolute atomic E-state index is 14.3. The highest BCUT2D eigenvalue weighted by atomic mass is 19.1. The Morgan fingerprint density at radius 3 is 2.66 bits per heavy atom. The molecule has 0 radical (unpaired) electrons. The van der Waals surface area contributed by atoms with E-state index in [9.17, 15) is 18.0 Å². The van der Waals surface area contributed by atoms with Crippen LogP contribution in [0.1, 0.15) is 23.6 Å². The highest BCUT2D eigenvalue weighted by Crippen LogP contribution is 2.32. The van der Waals surface area contributed by atoms with Crippen LogP contribution in [-0.4, -0.2) is 56.1 Å². The van der Waals surface area contributed by atoms with Crippen LogP contribution in [0.3, 0.4) is 0 Å². The van der Waals surface area contributed by atoms with Gasteiger partial charge in [0, 0.05) is 25.7 Å². The Morgan fingerprint density at radius 2 is 1.94 bits per heavy atom. The number of nitriles is 1. The normalized spacial score (nSPS) is 17.4. The second-order valence-corrected chi connectivity index (χ2v) is 8.17. The van der Waals surface area contributed by atoms with Gasteiger partial charge in [0.2, 0.25) is 0 Å². The van der Waals surface area contributed by atoms with Gasteiger partial charge in [-0.25, -0.2) is 23.0 Å². The van der Waals surface area contributed by atoms with E-state index in [4.69, 9.17) is 10.00 Å². The molecule has 2 amide bonds. The Labute approximate surface area is 197 Å². The van der Waals surface area contributed by atoms with E-state index in [-0.39, 0.29) is 35.8 Å². The molecule has 3 aromatic rings. The molecule has 4 heterocycles. The quantitative estimate of drug-likeness (QED) is 0.569. The molecule has 1 saturated heterocycles. The number of likely N-dealkylation sites (tertiary alicyclic amines) is 1. The number of urea groups is 1. The average Bonchev–Trinajstić information content (AvgIpc) is 3.43. The number of nitrogens with zero attached hydrogens (tertiary/aromatic N) is 7. The van der Waals surface area contributed by atoms with Crippen molar-refractivity contribution in [3.05, 3.63) is 65.2 Å². The van der Waals surface area contributed by atoms with Gasteiger partial charge >= 0.3 is 6.03 Å². The van der Waals surface area contributed by atoms with Gasteiger partial charge in [-0.15, -0.1) is 0 Å². The minimum Gasteiger partial charge on any atom is -0.483 e. The molecule has 0 aliphatic carbocycles. The second-order valence-electron chi connectivity index (χ2n) is 8.17. The lowest BCUT2D eigenvalue weighted by molar-refractivity contribution is 0.0257. The van der Waals surface area contributed by atoms with Crippen LogP contribution in [-0.2, 0) is 7.05 Å². The van der Waals surface area contributed by atoms with Crippen molar-refractivity contribution in [3.8, 4) is 23.2 Å². The standard InChI is InChI=1S/C23H18F3N7O2/c1-31-22(18(26)10-30-31)19-7-21(17(25)9-28-19)35-16-11-32(12-16)23(34)33-20(2-3-29-33)14-4-13(8-27)5-15(24)6-14/h3-7,9-10,16,20H,2,11-12H2,1H3. The molecule has 9 nitrogen and oxygen atoms in total. The summed E-state index contributed by atoms with van der Waals surface area (Å²) in [5, 5.41) is 18.3. The fourth-order valence-electron chi connectivity index (χ4n) is 4.08. The number of carbonyl (C=O) groups is 1. The summed E-state index contributed by atoms with van der Waals surface area (Å²) < 4.78 is 49.2. The summed E-state index contributed by atoms with van der Waals surface area (Å²) >= 11 is 0. The lowest BCUT2D eigenvalue weighted by atomic mass is 10.0. The average molecular weight is 481 g/mol. The SMILES string of the molecule is Cn1ncc(F)c1-c1cc(OC2CN(C(=O)N3N=CCC3c3cc(F)cc(C#N)c3)C2)c(F)cn1. The Kier molecular flexibility index (Phi) is 5.60. The smallest absolute Gasteiger partial charge is 0.341 e. The van der Waals surface area contributed by atoms with Crippen molar-refractivity contribution in [2.24, 2.45) is 12.1 Å². The van der Waals surface area contributed by atoms with Crippen molar-refractivity contribution >= 4 is 12.2 Å². The molecule has 178 valence electrons. The molecular formula is C23H18F3N7O2. The maximum atomic E-state index is 14.3. The van der Waals surface area contributed by atoms with Crippen molar-refractivity contribution in [3.63, 3.8) is 0 Å². The lowest BCUT2D eigenvalue weighted by Crippen LogP contribution is -2.58. The Balaban J connectivity index is 1.25. The molecule has 1 fully saturated rings. The van der Waals surface area contributed by atoms with Crippen LogP contribution in [0.5, 0.6) is 5.75 Å². The van der Waals surface area contributed by atoms with Crippen molar-refractivity contribution in [1.82, 2.24) is 24.7 Å². The molecule has 12 heteroatoms. The number of aromatic nitrogens is 3. The molecule has 2 aromatic heterocycles. The number of hydrogen-bond acceptors (Lipinski definition) is 6. The summed E-state index contributed by atoms with van der Waals surface area (Å²) in [7, 11) is 1.54. The zero-order chi connectivity index (χ0) is 24.7. The molecule has 1 atom stereocenters. The van der Waals surface area contributed by atoms with Crippen molar-refractivity contribution in [2.45, 2.75) is 18.6 Å². The van der Waals surface area contributed by atoms with Gasteiger partial charge in [-0.2, -0.15) is 15.5 Å². The number of carbonyl (C=O) groups excluding carboxylic acids is 1. The number of ether oxygens (including phenoxy) is 1. The fraction of sp³-hybridized carbons (Fsp3) is 0.261. The molecule has 0 spiro atoms. The van der Waals surface area contributed by atoms with E-state index in [2.05, 4.69) is 15.2 Å². The fourth-order valence-corrected chi connectivity index (χ4v) is 4.08. The number of amides is 2. The van der Waals surface area contributed by atoms with Gasteiger partial charge in [-0.1, -0.05) is 0 Å². The number of rotatable bonds is 4. The number of aryl methyl sites for hydroxylation is 1. The van der Waals surface area contributed by atoms with Crippen molar-refractivity contribution in [1.29, 1.82) is 5.26 Å². The third-order valence-electron chi connectivity index (χ3n) is 5.83. The predicted octanol–water partition coefficient (Wildman–Crippen LogP) is 3.39. The Morgan fingerprint density at radius 1 is 1.14 bits per heavy atom. The largest absolute Gasteiger partial charge is 0.483 e. The van der Waals surface area contributed by atoms with E-state index < -0.39 is 35.6 Å². The van der Waals surface area contributed by atoms with Crippen molar-refractivity contribution in [2.75, 3.05) is 13.1 Å². The van der Waals surface area contributed by atoms with Gasteiger partial charge < -0.3 is 9.64 Å². The lowest BCUT2D eigenvalue weighted by Gasteiger charge is -2.41. The van der Waals surface area contributed by atoms with Gasteiger partial charge in [0.05, 0.1) is 48.9 Å². The molecule has 2 aliphatic rings. The zero-order valence-electron chi connectivity index (χ0n) is 18.4. The molecule has 0 N–H and O–H groups in total. The van der Waals surface area contributed by atoms with E-state index in [1.54, 1.807) is 13.3 Å². The van der Waals surface area contributed by atoms with Gasteiger partial charge in [0.25, 0.3) is 0 Å². The highest BCUT2D eigenvalue weighted by Gasteiger charge is 2.39. The van der Waals surface area contributed by atoms with Crippen LogP contribution in [0.2, 0.25) is 0 Å². The molecule has 35 heavy (non-hydrogen) atoms. The molecule has 0 saturated carbocycles. The van der Waals surface area contributed by atoms with Gasteiger partial charge in [0.1, 0.15) is 17.6 Å². The topological polar surface area (TPSA) is 99.6 Å². The van der Waals surface area contributed by atoms with E-state index in [0.29, 0.717) is 12.0 Å². The molecule has 0 bridgehead atoms. The minimum atomic E-state index is -0.718. The highest BCUT2D eigenvalue weighted by molar-refractivity contribution is 5.79. The third-order valence-corrected chi connectivity index (χ3v) is 5.83. The van der Waals surface area contributed by atoms with Gasteiger partial charge in [-0.05, 0) is 23.8 Å². The number of pyridine rings is 1. The summed E-state index contributed by atoms with van der Waals surface area (Å²) in [5.74, 6) is -2.00. The molecule has 1 unspecified atom stereocenters. The first-order valence-corrected chi connectivity index (χ1v) is 10.6. The second kappa shape index (κ2) is 8.75. The van der Waals surface area contributed by atoms with Crippen LogP contribution in [0.25, 0.3) is 11.4 Å². The monoisotopic (exact) mass is 481 g/mol. The first-order valence-electron chi connectivity index (χ1n) is 10.6. The van der Waals surface area contributed by atoms with Crippen LogP contribution >= 0.6 is 0 Å². The van der Waals surface area contributed by atoms with E-state index >= 15 is 0 Å². The van der Waals surface area contributed by atoms with E-state index in [1.807, 2.05) is 6.07 Å². The van der Waals surface area contributed by atoms with Crippen LogP contribution in [0, 0.1) is 28.8 Å². The molecule has 5 rings (SSSR count). The summed E-state index contributed by atoms with van der Waals surface area (Å²) in [6.45, 7) is 0.336. The summed E-state index contributed by atoms with van der Waals surface area (Å²) in [5.41, 5.74) is 0.873. The number of benzene rings is 1. The van der Waals surface area contributed by atoms with Gasteiger partial charge in [0.15, 0.2) is 17.4 Å². The summed E-state index contributed by atoms with van der Waals surface area (Å²) in [4.78, 5) is 18.4. The first kappa shape index (κ1) is 22.4. The third kappa shape index (κ3) is 4.16. The van der Waals surface area contributed by atoms with Crippen LogP contribution in [0.15, 0.2) is 41.8 Å². The van der Waals surface area contributed by atoms with E-state index in [1.165, 1.54) is 32.8 Å². The van der Waals surface area contributed by atoms with Gasteiger partial charge in [-0.3, -0.25) is 9.67 Å². The molecule has 2 aliphatic heterocycles. The number of hydrogen-bond donors (Lipinski definition) is 0. The van der Waals surface area contributed by atoms with Crippen LogP contribution < -0.4 is 4.74 Å². The zero-order valence-corrected chi connectivity index (χ0v) is 18.4. The summed E-state index contributed by atoms with van der Waals surface area (Å²) in [6, 6.07) is 6.15. The predicted molar refractivity (Wildman–Crippen MR) is 117 cm³/mol. The Bertz CT molecular complexity index is 1360. The maximum Gasteiger partial charge on any atom is 0.341 e. The molecule has 1 aromatic carbocycles. The van der Waals surface area contributed by atoms with Crippen molar-refractivity contribution < 1.29 is 22.7 Å². The Hall–Kier alpha value is -4.40. The summed E-state index contributed by atoms with van der Waals surface area (Å²) in [6.07, 6.45) is 3.42.